The molecule has 5 heteroatoms. The molecule has 1 aliphatic heterocycles. The molecule has 5 nitrogen and oxygen atoms in total. The van der Waals surface area contributed by atoms with Gasteiger partial charge in [-0.15, -0.1) is 0 Å². The molecule has 0 bridgehead atoms. The van der Waals surface area contributed by atoms with E-state index in [4.69, 9.17) is 4.74 Å². The first-order valence-corrected chi connectivity index (χ1v) is 8.88. The molecule has 23 heavy (non-hydrogen) atoms. The summed E-state index contributed by atoms with van der Waals surface area (Å²) < 4.78 is 5.45. The summed E-state index contributed by atoms with van der Waals surface area (Å²) in [6.07, 6.45) is 6.97. The minimum absolute atomic E-state index is 0.0378. The van der Waals surface area contributed by atoms with Crippen LogP contribution in [-0.2, 0) is 14.3 Å². The zero-order valence-electron chi connectivity index (χ0n) is 14.7. The Hall–Kier alpha value is -1.10. The van der Waals surface area contributed by atoms with E-state index in [0.29, 0.717) is 25.0 Å². The van der Waals surface area contributed by atoms with Gasteiger partial charge in [0.05, 0.1) is 11.5 Å². The summed E-state index contributed by atoms with van der Waals surface area (Å²) in [6, 6.07) is 0. The Bertz CT molecular complexity index is 435. The highest BCUT2D eigenvalue weighted by Gasteiger charge is 2.40. The lowest BCUT2D eigenvalue weighted by Crippen LogP contribution is -2.47. The number of carbonyl (C=O) groups is 2. The Morgan fingerprint density at radius 2 is 1.96 bits per heavy atom. The van der Waals surface area contributed by atoms with E-state index in [2.05, 4.69) is 0 Å². The van der Waals surface area contributed by atoms with Crippen LogP contribution in [0.1, 0.15) is 58.8 Å². The van der Waals surface area contributed by atoms with E-state index < -0.39 is 11.4 Å². The number of rotatable bonds is 5. The Labute approximate surface area is 139 Å². The molecule has 1 amide bonds. The molecule has 3 unspecified atom stereocenters. The molecule has 1 aliphatic carbocycles. The molecule has 1 saturated heterocycles. The zero-order chi connectivity index (χ0) is 17.0. The maximum Gasteiger partial charge on any atom is 0.309 e. The van der Waals surface area contributed by atoms with E-state index in [9.17, 15) is 14.7 Å². The van der Waals surface area contributed by atoms with E-state index in [1.165, 1.54) is 0 Å². The van der Waals surface area contributed by atoms with E-state index in [1.54, 1.807) is 21.0 Å². The van der Waals surface area contributed by atoms with Crippen molar-refractivity contribution in [1.29, 1.82) is 0 Å². The third-order valence-corrected chi connectivity index (χ3v) is 5.88. The van der Waals surface area contributed by atoms with Crippen molar-refractivity contribution in [3.8, 4) is 0 Å². The molecule has 0 aromatic rings. The molecule has 0 aromatic heterocycles. The number of ether oxygens (including phenoxy) is 1. The number of carboxylic acids is 1. The van der Waals surface area contributed by atoms with Gasteiger partial charge in [-0.25, -0.2) is 0 Å². The quantitative estimate of drug-likeness (QED) is 0.844. The van der Waals surface area contributed by atoms with Crippen LogP contribution >= 0.6 is 0 Å². The van der Waals surface area contributed by atoms with Gasteiger partial charge >= 0.3 is 5.97 Å². The lowest BCUT2D eigenvalue weighted by Gasteiger charge is -2.40. The highest BCUT2D eigenvalue weighted by Crippen LogP contribution is 2.35. The normalized spacial score (nSPS) is 29.3. The van der Waals surface area contributed by atoms with Gasteiger partial charge < -0.3 is 14.7 Å². The Morgan fingerprint density at radius 1 is 1.22 bits per heavy atom. The van der Waals surface area contributed by atoms with Crippen LogP contribution < -0.4 is 0 Å². The molecule has 0 radical (unpaired) electrons. The van der Waals surface area contributed by atoms with Gasteiger partial charge in [0, 0.05) is 26.6 Å². The topological polar surface area (TPSA) is 66.8 Å². The number of piperidine rings is 1. The van der Waals surface area contributed by atoms with E-state index in [-0.39, 0.29) is 11.8 Å². The van der Waals surface area contributed by atoms with Crippen molar-refractivity contribution in [1.82, 2.24) is 4.90 Å². The molecule has 2 rings (SSSR count). The summed E-state index contributed by atoms with van der Waals surface area (Å²) in [5.74, 6) is -0.130. The second-order valence-corrected chi connectivity index (χ2v) is 7.80. The third kappa shape index (κ3) is 4.46. The predicted octanol–water partition coefficient (Wildman–Crippen LogP) is 2.93. The lowest BCUT2D eigenvalue weighted by atomic mass is 9.74. The molecule has 1 N–H and O–H groups in total. The fourth-order valence-corrected chi connectivity index (χ4v) is 3.98. The fourth-order valence-electron chi connectivity index (χ4n) is 3.98. The summed E-state index contributed by atoms with van der Waals surface area (Å²) in [4.78, 5) is 26.0. The third-order valence-electron chi connectivity index (χ3n) is 5.88. The van der Waals surface area contributed by atoms with Crippen LogP contribution in [-0.4, -0.2) is 48.2 Å². The maximum atomic E-state index is 12.6. The first-order chi connectivity index (χ1) is 10.8. The Kier molecular flexibility index (Phi) is 6.06. The average Bonchev–Trinajstić information content (AvgIpc) is 2.55. The summed E-state index contributed by atoms with van der Waals surface area (Å²) in [7, 11) is 1.75. The molecule has 3 atom stereocenters. The number of hydrogen-bond acceptors (Lipinski definition) is 3. The Morgan fingerprint density at radius 3 is 2.61 bits per heavy atom. The molecule has 1 saturated carbocycles. The molecule has 132 valence electrons. The van der Waals surface area contributed by atoms with Crippen LogP contribution in [0.4, 0.5) is 0 Å². The number of likely N-dealkylation sites (tertiary alicyclic amines) is 1. The first-order valence-electron chi connectivity index (χ1n) is 8.88. The van der Waals surface area contributed by atoms with Crippen molar-refractivity contribution < 1.29 is 19.4 Å². The maximum absolute atomic E-state index is 12.6. The lowest BCUT2D eigenvalue weighted by molar-refractivity contribution is -0.153. The summed E-state index contributed by atoms with van der Waals surface area (Å²) >= 11 is 0. The summed E-state index contributed by atoms with van der Waals surface area (Å²) in [5.41, 5.74) is -0.773. The van der Waals surface area contributed by atoms with Crippen LogP contribution in [0.2, 0.25) is 0 Å². The van der Waals surface area contributed by atoms with Crippen LogP contribution in [0.25, 0.3) is 0 Å². The number of aliphatic carboxylic acids is 1. The van der Waals surface area contributed by atoms with Crippen molar-refractivity contribution in [3.05, 3.63) is 0 Å². The van der Waals surface area contributed by atoms with Crippen LogP contribution in [0.15, 0.2) is 0 Å². The van der Waals surface area contributed by atoms with Gasteiger partial charge in [0.15, 0.2) is 0 Å². The average molecular weight is 325 g/mol. The molecule has 0 aromatic carbocycles. The first kappa shape index (κ1) is 18.2. The van der Waals surface area contributed by atoms with Gasteiger partial charge in [-0.05, 0) is 57.8 Å². The molecular formula is C18H31NO4. The molecular weight excluding hydrogens is 294 g/mol. The van der Waals surface area contributed by atoms with Crippen molar-refractivity contribution in [3.63, 3.8) is 0 Å². The largest absolute Gasteiger partial charge is 0.481 e. The SMILES string of the molecule is COC1CCCC(CC(=O)N2CCCC(C(C)(C)C(=O)O)C2)C1. The number of methoxy groups -OCH3 is 1. The van der Waals surface area contributed by atoms with Gasteiger partial charge in [-0.2, -0.15) is 0 Å². The van der Waals surface area contributed by atoms with Crippen molar-refractivity contribution in [2.45, 2.75) is 64.9 Å². The van der Waals surface area contributed by atoms with Crippen molar-refractivity contribution >= 4 is 11.9 Å². The number of carbonyl (C=O) groups excluding carboxylic acids is 1. The van der Waals surface area contributed by atoms with Gasteiger partial charge in [-0.3, -0.25) is 9.59 Å². The minimum Gasteiger partial charge on any atom is -0.481 e. The number of nitrogens with zero attached hydrogens (tertiary/aromatic N) is 1. The van der Waals surface area contributed by atoms with Gasteiger partial charge in [0.25, 0.3) is 0 Å². The fraction of sp³-hybridized carbons (Fsp3) is 0.889. The summed E-state index contributed by atoms with van der Waals surface area (Å²) in [6.45, 7) is 4.90. The minimum atomic E-state index is -0.773. The highest BCUT2D eigenvalue weighted by atomic mass is 16.5. The zero-order valence-corrected chi connectivity index (χ0v) is 14.7. The smallest absolute Gasteiger partial charge is 0.309 e. The van der Waals surface area contributed by atoms with Gasteiger partial charge in [0.1, 0.15) is 0 Å². The van der Waals surface area contributed by atoms with E-state index in [1.807, 2.05) is 4.90 Å². The van der Waals surface area contributed by atoms with E-state index >= 15 is 0 Å². The highest BCUT2D eigenvalue weighted by molar-refractivity contribution is 5.77. The van der Waals surface area contributed by atoms with Gasteiger partial charge in [0.2, 0.25) is 5.91 Å². The molecule has 0 spiro atoms. The Balaban J connectivity index is 1.90. The van der Waals surface area contributed by atoms with E-state index in [0.717, 1.165) is 45.1 Å². The summed E-state index contributed by atoms with van der Waals surface area (Å²) in [5, 5.41) is 9.42. The number of carboxylic acid groups (broad SMARTS) is 1. The molecule has 2 fully saturated rings. The second kappa shape index (κ2) is 7.65. The van der Waals surface area contributed by atoms with Crippen LogP contribution in [0, 0.1) is 17.3 Å². The molecule has 2 aliphatic rings. The van der Waals surface area contributed by atoms with Crippen molar-refractivity contribution in [2.75, 3.05) is 20.2 Å². The van der Waals surface area contributed by atoms with Gasteiger partial charge in [-0.1, -0.05) is 6.42 Å². The number of hydrogen-bond donors (Lipinski definition) is 1. The van der Waals surface area contributed by atoms with Crippen LogP contribution in [0.5, 0.6) is 0 Å². The van der Waals surface area contributed by atoms with Crippen LogP contribution in [0.3, 0.4) is 0 Å². The number of amides is 1. The molecule has 1 heterocycles. The predicted molar refractivity (Wildman–Crippen MR) is 88.1 cm³/mol. The standard InChI is InChI=1S/C18H31NO4/c1-18(2,17(21)22)14-7-5-9-19(12-14)16(20)11-13-6-4-8-15(10-13)23-3/h13-15H,4-12H2,1-3H3,(H,21,22). The monoisotopic (exact) mass is 325 g/mol. The second-order valence-electron chi connectivity index (χ2n) is 7.80. The van der Waals surface area contributed by atoms with Crippen molar-refractivity contribution in [2.24, 2.45) is 17.3 Å².